The minimum atomic E-state index is -0.0804. The Morgan fingerprint density at radius 3 is 2.93 bits per heavy atom. The first kappa shape index (κ1) is 18.4. The summed E-state index contributed by atoms with van der Waals surface area (Å²) in [5.41, 5.74) is 4.66. The first-order chi connectivity index (χ1) is 14.6. The predicted octanol–water partition coefficient (Wildman–Crippen LogP) is 4.79. The number of nitrogens with zero attached hydrogens (tertiary/aromatic N) is 4. The van der Waals surface area contributed by atoms with Crippen LogP contribution in [0.25, 0.3) is 22.7 Å². The van der Waals surface area contributed by atoms with Crippen LogP contribution in [0.3, 0.4) is 0 Å². The number of anilines is 1. The zero-order chi connectivity index (χ0) is 20.7. The number of urea groups is 1. The fourth-order valence-corrected chi connectivity index (χ4v) is 4.06. The molecule has 0 unspecified atom stereocenters. The molecule has 7 heteroatoms. The number of aromatic nitrogens is 3. The first-order valence-electron chi connectivity index (χ1n) is 10.1. The molecule has 30 heavy (non-hydrogen) atoms. The van der Waals surface area contributed by atoms with E-state index in [1.54, 1.807) is 12.5 Å². The molecule has 1 aromatic carbocycles. The van der Waals surface area contributed by atoms with Crippen LogP contribution in [-0.2, 0) is 0 Å². The van der Waals surface area contributed by atoms with Gasteiger partial charge in [-0.15, -0.1) is 0 Å². The van der Waals surface area contributed by atoms with E-state index in [2.05, 4.69) is 14.9 Å². The Morgan fingerprint density at radius 1 is 1.20 bits per heavy atom. The Labute approximate surface area is 174 Å². The number of aryl methyl sites for hydroxylation is 2. The van der Waals surface area contributed by atoms with Crippen LogP contribution in [0.1, 0.15) is 23.6 Å². The monoisotopic (exact) mass is 401 g/mol. The number of amides is 2. The maximum Gasteiger partial charge on any atom is 0.321 e. The summed E-state index contributed by atoms with van der Waals surface area (Å²) in [6.45, 7) is 5.28. The summed E-state index contributed by atoms with van der Waals surface area (Å²) in [7, 11) is 0. The number of imidazole rings is 1. The Morgan fingerprint density at radius 2 is 2.10 bits per heavy atom. The van der Waals surface area contributed by atoms with Gasteiger partial charge in [-0.3, -0.25) is 0 Å². The number of hydrogen-bond donors (Lipinski definition) is 1. The molecule has 0 radical (unpaired) electrons. The molecular weight excluding hydrogens is 378 g/mol. The fourth-order valence-electron chi connectivity index (χ4n) is 4.06. The Kier molecular flexibility index (Phi) is 4.50. The van der Waals surface area contributed by atoms with Gasteiger partial charge in [0.05, 0.1) is 12.3 Å². The maximum atomic E-state index is 12.9. The van der Waals surface area contributed by atoms with E-state index in [-0.39, 0.29) is 12.1 Å². The van der Waals surface area contributed by atoms with Crippen LogP contribution >= 0.6 is 0 Å². The molecule has 4 aromatic rings. The third-order valence-corrected chi connectivity index (χ3v) is 5.64. The molecule has 7 nitrogen and oxygen atoms in total. The Hall–Kier alpha value is -3.61. The predicted molar refractivity (Wildman–Crippen MR) is 115 cm³/mol. The topological polar surface area (TPSA) is 76.2 Å². The second-order valence-electron chi connectivity index (χ2n) is 7.77. The van der Waals surface area contributed by atoms with Gasteiger partial charge < -0.3 is 19.2 Å². The minimum absolute atomic E-state index is 0.0781. The molecule has 3 aromatic heterocycles. The summed E-state index contributed by atoms with van der Waals surface area (Å²) in [6.07, 6.45) is 4.24. The van der Waals surface area contributed by atoms with Gasteiger partial charge in [0.25, 0.3) is 0 Å². The molecule has 0 bridgehead atoms. The smallest absolute Gasteiger partial charge is 0.321 e. The molecule has 2 amide bonds. The van der Waals surface area contributed by atoms with Crippen molar-refractivity contribution in [3.05, 3.63) is 66.1 Å². The molecule has 0 saturated carbocycles. The summed E-state index contributed by atoms with van der Waals surface area (Å²) in [5, 5.41) is 3.07. The highest BCUT2D eigenvalue weighted by molar-refractivity contribution is 5.90. The molecule has 152 valence electrons. The lowest BCUT2D eigenvalue weighted by atomic mass is 10.1. The van der Waals surface area contributed by atoms with Crippen molar-refractivity contribution in [2.75, 3.05) is 18.4 Å². The van der Waals surface area contributed by atoms with Crippen molar-refractivity contribution in [3.8, 4) is 11.6 Å². The molecule has 1 atom stereocenters. The lowest BCUT2D eigenvalue weighted by Crippen LogP contribution is -2.33. The van der Waals surface area contributed by atoms with Gasteiger partial charge in [0.15, 0.2) is 17.2 Å². The van der Waals surface area contributed by atoms with Gasteiger partial charge in [0.1, 0.15) is 5.52 Å². The molecule has 1 fully saturated rings. The number of likely N-dealkylation sites (tertiary alicyclic amines) is 1. The molecule has 0 aliphatic carbocycles. The maximum absolute atomic E-state index is 12.9. The van der Waals surface area contributed by atoms with Crippen LogP contribution in [0.4, 0.5) is 10.5 Å². The van der Waals surface area contributed by atoms with Gasteiger partial charge in [0, 0.05) is 25.0 Å². The fraction of sp³-hybridized carbons (Fsp3) is 0.261. The third-order valence-electron chi connectivity index (χ3n) is 5.64. The van der Waals surface area contributed by atoms with Crippen LogP contribution in [0.2, 0.25) is 0 Å². The van der Waals surface area contributed by atoms with Crippen molar-refractivity contribution >= 4 is 22.9 Å². The van der Waals surface area contributed by atoms with E-state index >= 15 is 0 Å². The van der Waals surface area contributed by atoms with Crippen molar-refractivity contribution in [2.45, 2.75) is 26.3 Å². The summed E-state index contributed by atoms with van der Waals surface area (Å²) in [6, 6.07) is 13.7. The molecule has 1 aliphatic heterocycles. The molecule has 1 saturated heterocycles. The zero-order valence-electron chi connectivity index (χ0n) is 17.0. The van der Waals surface area contributed by atoms with E-state index in [0.29, 0.717) is 18.8 Å². The van der Waals surface area contributed by atoms with E-state index < -0.39 is 0 Å². The van der Waals surface area contributed by atoms with Crippen molar-refractivity contribution < 1.29 is 9.21 Å². The van der Waals surface area contributed by atoms with E-state index in [1.165, 1.54) is 0 Å². The quantitative estimate of drug-likeness (QED) is 0.536. The highest BCUT2D eigenvalue weighted by Gasteiger charge is 2.31. The lowest BCUT2D eigenvalue weighted by molar-refractivity contribution is 0.221. The number of fused-ring (bicyclic) bond motifs is 1. The van der Waals surface area contributed by atoms with Gasteiger partial charge >= 0.3 is 6.03 Å². The number of carbonyl (C=O) groups excluding carboxylic acids is 1. The van der Waals surface area contributed by atoms with Crippen LogP contribution in [-0.4, -0.2) is 38.6 Å². The van der Waals surface area contributed by atoms with Gasteiger partial charge in [-0.05, 0) is 61.7 Å². The zero-order valence-corrected chi connectivity index (χ0v) is 17.0. The standard InChI is InChI=1S/C23H23N5O2/c1-15-7-8-16(2)19(13-15)26-23(29)27-11-9-17(14-27)28-21-18(5-3-10-24-21)25-22(28)20-6-4-12-30-20/h3-8,10,12-13,17H,9,11,14H2,1-2H3,(H,26,29)/t17-/m1/s1. The van der Waals surface area contributed by atoms with Gasteiger partial charge in [0.2, 0.25) is 0 Å². The molecule has 1 N–H and O–H groups in total. The summed E-state index contributed by atoms with van der Waals surface area (Å²) in [5.74, 6) is 1.45. The average Bonchev–Trinajstić information content (AvgIpc) is 3.49. The SMILES string of the molecule is Cc1ccc(C)c(NC(=O)N2CC[C@@H](n3c(-c4ccco4)nc4cccnc43)C2)c1. The number of carbonyl (C=O) groups is 1. The van der Waals surface area contributed by atoms with Crippen molar-refractivity contribution in [1.29, 1.82) is 0 Å². The molecule has 1 aliphatic rings. The van der Waals surface area contributed by atoms with Gasteiger partial charge in [-0.2, -0.15) is 0 Å². The number of nitrogens with one attached hydrogen (secondary N) is 1. The number of furan rings is 1. The van der Waals surface area contributed by atoms with E-state index in [4.69, 9.17) is 9.40 Å². The van der Waals surface area contributed by atoms with Gasteiger partial charge in [-0.1, -0.05) is 12.1 Å². The van der Waals surface area contributed by atoms with Crippen molar-refractivity contribution in [1.82, 2.24) is 19.4 Å². The number of benzene rings is 1. The van der Waals surface area contributed by atoms with Crippen molar-refractivity contribution in [3.63, 3.8) is 0 Å². The van der Waals surface area contributed by atoms with E-state index in [0.717, 1.165) is 40.2 Å². The van der Waals surface area contributed by atoms with Crippen LogP contribution in [0, 0.1) is 13.8 Å². The minimum Gasteiger partial charge on any atom is -0.461 e. The van der Waals surface area contributed by atoms with Crippen LogP contribution < -0.4 is 5.32 Å². The third kappa shape index (κ3) is 3.22. The normalized spacial score (nSPS) is 16.3. The molecular formula is C23H23N5O2. The number of pyridine rings is 1. The molecule has 4 heterocycles. The molecule has 0 spiro atoms. The molecule has 5 rings (SSSR count). The summed E-state index contributed by atoms with van der Waals surface area (Å²) < 4.78 is 7.73. The first-order valence-corrected chi connectivity index (χ1v) is 10.1. The second-order valence-corrected chi connectivity index (χ2v) is 7.77. The number of rotatable bonds is 3. The average molecular weight is 401 g/mol. The van der Waals surface area contributed by atoms with Crippen LogP contribution in [0.5, 0.6) is 0 Å². The number of hydrogen-bond acceptors (Lipinski definition) is 4. The van der Waals surface area contributed by atoms with Gasteiger partial charge in [-0.25, -0.2) is 14.8 Å². The summed E-state index contributed by atoms with van der Waals surface area (Å²) in [4.78, 5) is 24.1. The van der Waals surface area contributed by atoms with E-state index in [9.17, 15) is 4.79 Å². The highest BCUT2D eigenvalue weighted by Crippen LogP contribution is 2.32. The Balaban J connectivity index is 1.42. The largest absolute Gasteiger partial charge is 0.461 e. The van der Waals surface area contributed by atoms with Crippen molar-refractivity contribution in [2.24, 2.45) is 0 Å². The summed E-state index contributed by atoms with van der Waals surface area (Å²) >= 11 is 0. The second kappa shape index (κ2) is 7.33. The van der Waals surface area contributed by atoms with Crippen LogP contribution in [0.15, 0.2) is 59.3 Å². The lowest BCUT2D eigenvalue weighted by Gasteiger charge is -2.20. The highest BCUT2D eigenvalue weighted by atomic mass is 16.3. The van der Waals surface area contributed by atoms with E-state index in [1.807, 2.05) is 61.2 Å². The Bertz CT molecular complexity index is 1210.